The van der Waals surface area contributed by atoms with Crippen LogP contribution in [0.2, 0.25) is 0 Å². The maximum atomic E-state index is 13.3. The summed E-state index contributed by atoms with van der Waals surface area (Å²) in [6.07, 6.45) is 3.59. The highest BCUT2D eigenvalue weighted by molar-refractivity contribution is 7.98. The second kappa shape index (κ2) is 9.17. The van der Waals surface area contributed by atoms with Gasteiger partial charge in [0.2, 0.25) is 0 Å². The molecule has 0 aliphatic rings. The number of thioether (sulfide) groups is 1. The Morgan fingerprint density at radius 3 is 2.72 bits per heavy atom. The highest BCUT2D eigenvalue weighted by Gasteiger charge is 2.14. The Hall–Kier alpha value is -2.75. The number of rotatable bonds is 8. The van der Waals surface area contributed by atoms with E-state index in [1.165, 1.54) is 17.8 Å². The molecular formula is C19H22F2N6OS. The summed E-state index contributed by atoms with van der Waals surface area (Å²) in [5.41, 5.74) is 0.721. The van der Waals surface area contributed by atoms with Gasteiger partial charge in [-0.25, -0.2) is 23.4 Å². The van der Waals surface area contributed by atoms with Crippen LogP contribution in [0.1, 0.15) is 24.2 Å². The number of nitrogens with one attached hydrogen (secondary N) is 2. The van der Waals surface area contributed by atoms with Gasteiger partial charge >= 0.3 is 0 Å². The fourth-order valence-electron chi connectivity index (χ4n) is 2.64. The van der Waals surface area contributed by atoms with E-state index in [4.69, 9.17) is 0 Å². The quantitative estimate of drug-likeness (QED) is 0.430. The molecule has 2 heterocycles. The van der Waals surface area contributed by atoms with E-state index in [2.05, 4.69) is 39.5 Å². The summed E-state index contributed by atoms with van der Waals surface area (Å²) >= 11 is 1.43. The van der Waals surface area contributed by atoms with Crippen LogP contribution in [0.5, 0.6) is 0 Å². The lowest BCUT2D eigenvalue weighted by atomic mass is 10.2. The fourth-order valence-corrected chi connectivity index (χ4v) is 3.00. The zero-order valence-electron chi connectivity index (χ0n) is 16.4. The Bertz CT molecular complexity index is 1020. The molecule has 0 spiro atoms. The largest absolute Gasteiger partial charge is 0.369 e. The molecule has 0 aliphatic heterocycles. The Morgan fingerprint density at radius 1 is 1.24 bits per heavy atom. The van der Waals surface area contributed by atoms with Crippen LogP contribution in [0.15, 0.2) is 29.6 Å². The molecule has 0 saturated carbocycles. The van der Waals surface area contributed by atoms with Gasteiger partial charge in [0.25, 0.3) is 5.91 Å². The number of halogens is 2. The number of fused-ring (bicyclic) bond motifs is 1. The molecule has 0 atom stereocenters. The summed E-state index contributed by atoms with van der Waals surface area (Å²) < 4.78 is 28.0. The third-order valence-corrected chi connectivity index (χ3v) is 4.67. The first-order valence-corrected chi connectivity index (χ1v) is 10.4. The number of hydrogen-bond acceptors (Lipinski definition) is 6. The molecule has 0 bridgehead atoms. The van der Waals surface area contributed by atoms with Crippen LogP contribution in [-0.2, 0) is 6.54 Å². The molecular weight excluding hydrogens is 398 g/mol. The first kappa shape index (κ1) is 21.0. The maximum Gasteiger partial charge on any atom is 0.251 e. The van der Waals surface area contributed by atoms with Gasteiger partial charge in [-0.15, -0.1) is 0 Å². The van der Waals surface area contributed by atoms with Crippen LogP contribution in [0, 0.1) is 17.6 Å². The Morgan fingerprint density at radius 2 is 2.03 bits per heavy atom. The molecule has 3 aromatic rings. The minimum Gasteiger partial charge on any atom is -0.369 e. The van der Waals surface area contributed by atoms with Gasteiger partial charge in [0.1, 0.15) is 5.82 Å². The molecule has 1 amide bonds. The lowest BCUT2D eigenvalue weighted by Crippen LogP contribution is -2.27. The Balaban J connectivity index is 1.72. The number of benzene rings is 1. The molecule has 0 unspecified atom stereocenters. The molecule has 2 aromatic heterocycles. The number of aromatic nitrogens is 4. The summed E-state index contributed by atoms with van der Waals surface area (Å²) in [5.74, 6) is -1.35. The predicted molar refractivity (Wildman–Crippen MR) is 109 cm³/mol. The van der Waals surface area contributed by atoms with Gasteiger partial charge in [0.05, 0.1) is 18.1 Å². The summed E-state index contributed by atoms with van der Waals surface area (Å²) in [6.45, 7) is 5.62. The maximum absolute atomic E-state index is 13.3. The normalized spacial score (nSPS) is 11.2. The van der Waals surface area contributed by atoms with Crippen molar-refractivity contribution in [3.05, 3.63) is 41.6 Å². The van der Waals surface area contributed by atoms with E-state index < -0.39 is 17.5 Å². The third-order valence-electron chi connectivity index (χ3n) is 4.13. The van der Waals surface area contributed by atoms with E-state index in [0.29, 0.717) is 23.3 Å². The standard InChI is InChI=1S/C19H22F2N6OS/c1-11(2)9-23-16-13-10-24-27(17(13)26-19(25-16)29-3)7-6-22-18(28)12-4-5-14(20)15(21)8-12/h4-5,8,10-11H,6-7,9H2,1-3H3,(H,22,28)(H,23,25,26). The molecule has 7 nitrogen and oxygen atoms in total. The lowest BCUT2D eigenvalue weighted by Gasteiger charge is -2.11. The molecule has 2 N–H and O–H groups in total. The van der Waals surface area contributed by atoms with Gasteiger partial charge < -0.3 is 10.6 Å². The minimum atomic E-state index is -1.06. The van der Waals surface area contributed by atoms with E-state index in [1.54, 1.807) is 10.9 Å². The van der Waals surface area contributed by atoms with Gasteiger partial charge in [0, 0.05) is 18.7 Å². The van der Waals surface area contributed by atoms with Gasteiger partial charge in [-0.1, -0.05) is 25.6 Å². The predicted octanol–water partition coefficient (Wildman–Crippen LogP) is 3.32. The SMILES string of the molecule is CSc1nc(NCC(C)C)c2cnn(CCNC(=O)c3ccc(F)c(F)c3)c2n1. The summed E-state index contributed by atoms with van der Waals surface area (Å²) in [6, 6.07) is 3.04. The van der Waals surface area contributed by atoms with E-state index in [1.807, 2.05) is 6.26 Å². The third kappa shape index (κ3) is 5.00. The number of hydrogen-bond donors (Lipinski definition) is 2. The van der Waals surface area contributed by atoms with Crippen molar-refractivity contribution in [1.29, 1.82) is 0 Å². The van der Waals surface area contributed by atoms with Crippen molar-refractivity contribution < 1.29 is 13.6 Å². The second-order valence-electron chi connectivity index (χ2n) is 6.82. The second-order valence-corrected chi connectivity index (χ2v) is 7.60. The van der Waals surface area contributed by atoms with E-state index in [9.17, 15) is 13.6 Å². The first-order valence-electron chi connectivity index (χ1n) is 9.13. The zero-order valence-corrected chi connectivity index (χ0v) is 17.2. The lowest BCUT2D eigenvalue weighted by molar-refractivity contribution is 0.0951. The number of anilines is 1. The van der Waals surface area contributed by atoms with Crippen LogP contribution in [0.4, 0.5) is 14.6 Å². The smallest absolute Gasteiger partial charge is 0.251 e. The van der Waals surface area contributed by atoms with Crippen molar-refractivity contribution in [1.82, 2.24) is 25.1 Å². The molecule has 0 radical (unpaired) electrons. The fraction of sp³-hybridized carbons (Fsp3) is 0.368. The van der Waals surface area contributed by atoms with E-state index in [0.717, 1.165) is 29.9 Å². The molecule has 10 heteroatoms. The molecule has 0 saturated heterocycles. The van der Waals surface area contributed by atoms with Crippen LogP contribution in [-0.4, -0.2) is 45.0 Å². The molecule has 3 rings (SSSR count). The number of carbonyl (C=O) groups excluding carboxylic acids is 1. The highest BCUT2D eigenvalue weighted by atomic mass is 32.2. The summed E-state index contributed by atoms with van der Waals surface area (Å²) in [4.78, 5) is 21.2. The number of nitrogens with zero attached hydrogens (tertiary/aromatic N) is 4. The van der Waals surface area contributed by atoms with Gasteiger partial charge in [0.15, 0.2) is 22.4 Å². The molecule has 154 valence electrons. The van der Waals surface area contributed by atoms with Crippen molar-refractivity contribution in [2.45, 2.75) is 25.5 Å². The van der Waals surface area contributed by atoms with Crippen molar-refractivity contribution >= 4 is 34.5 Å². The topological polar surface area (TPSA) is 84.7 Å². The monoisotopic (exact) mass is 420 g/mol. The van der Waals surface area contributed by atoms with Gasteiger partial charge in [-0.3, -0.25) is 4.79 Å². The average molecular weight is 420 g/mol. The van der Waals surface area contributed by atoms with Crippen molar-refractivity contribution in [2.24, 2.45) is 5.92 Å². The van der Waals surface area contributed by atoms with Crippen LogP contribution in [0.3, 0.4) is 0 Å². The van der Waals surface area contributed by atoms with Crippen molar-refractivity contribution in [3.63, 3.8) is 0 Å². The van der Waals surface area contributed by atoms with E-state index >= 15 is 0 Å². The van der Waals surface area contributed by atoms with Crippen LogP contribution >= 0.6 is 11.8 Å². The van der Waals surface area contributed by atoms with Crippen molar-refractivity contribution in [3.8, 4) is 0 Å². The molecule has 29 heavy (non-hydrogen) atoms. The van der Waals surface area contributed by atoms with Gasteiger partial charge in [-0.05, 0) is 30.4 Å². The average Bonchev–Trinajstić information content (AvgIpc) is 3.11. The van der Waals surface area contributed by atoms with Crippen LogP contribution in [0.25, 0.3) is 11.0 Å². The Labute approximate surface area is 171 Å². The molecule has 0 fully saturated rings. The van der Waals surface area contributed by atoms with Crippen LogP contribution < -0.4 is 10.6 Å². The Kier molecular flexibility index (Phi) is 6.63. The first-order chi connectivity index (χ1) is 13.9. The number of carbonyl (C=O) groups is 1. The zero-order chi connectivity index (χ0) is 21.0. The highest BCUT2D eigenvalue weighted by Crippen LogP contribution is 2.23. The summed E-state index contributed by atoms with van der Waals surface area (Å²) in [5, 5.41) is 11.8. The minimum absolute atomic E-state index is 0.0568. The van der Waals surface area contributed by atoms with Crippen molar-refractivity contribution in [2.75, 3.05) is 24.7 Å². The number of amides is 1. The summed E-state index contributed by atoms with van der Waals surface area (Å²) in [7, 11) is 0. The molecule has 0 aliphatic carbocycles. The van der Waals surface area contributed by atoms with Gasteiger partial charge in [-0.2, -0.15) is 5.10 Å². The van der Waals surface area contributed by atoms with E-state index in [-0.39, 0.29) is 12.1 Å². The molecule has 1 aromatic carbocycles.